The topological polar surface area (TPSA) is 63.8 Å². The van der Waals surface area contributed by atoms with Crippen LogP contribution >= 0.6 is 11.6 Å². The summed E-state index contributed by atoms with van der Waals surface area (Å²) in [6, 6.07) is 7.74. The molecule has 0 unspecified atom stereocenters. The third kappa shape index (κ3) is 3.35. The van der Waals surface area contributed by atoms with E-state index in [4.69, 9.17) is 17.3 Å². The van der Waals surface area contributed by atoms with E-state index >= 15 is 0 Å². The molecule has 2 rings (SSSR count). The fraction of sp³-hybridized carbons (Fsp3) is 0.286. The van der Waals surface area contributed by atoms with Gasteiger partial charge in [0.1, 0.15) is 18.0 Å². The first-order valence-electron chi connectivity index (χ1n) is 6.29. The van der Waals surface area contributed by atoms with E-state index < -0.39 is 0 Å². The van der Waals surface area contributed by atoms with Crippen LogP contribution < -0.4 is 11.1 Å². The zero-order valence-electron chi connectivity index (χ0n) is 10.9. The zero-order valence-corrected chi connectivity index (χ0v) is 11.6. The van der Waals surface area contributed by atoms with Gasteiger partial charge in [-0.3, -0.25) is 0 Å². The first-order chi connectivity index (χ1) is 9.22. The molecule has 0 bridgehead atoms. The molecule has 3 N–H and O–H groups in total. The fourth-order valence-electron chi connectivity index (χ4n) is 1.90. The van der Waals surface area contributed by atoms with E-state index in [1.165, 1.54) is 6.33 Å². The first-order valence-corrected chi connectivity index (χ1v) is 6.66. The Hall–Kier alpha value is -1.81. The second-order valence-electron chi connectivity index (χ2n) is 4.28. The predicted octanol–water partition coefficient (Wildman–Crippen LogP) is 3.28. The van der Waals surface area contributed by atoms with E-state index in [9.17, 15) is 0 Å². The van der Waals surface area contributed by atoms with E-state index in [0.717, 1.165) is 34.8 Å². The lowest BCUT2D eigenvalue weighted by Gasteiger charge is -2.12. The van der Waals surface area contributed by atoms with E-state index in [1.54, 1.807) is 0 Å². The Morgan fingerprint density at radius 3 is 2.79 bits per heavy atom. The lowest BCUT2D eigenvalue weighted by Crippen LogP contribution is -2.08. The predicted molar refractivity (Wildman–Crippen MR) is 79.2 cm³/mol. The number of rotatable bonds is 5. The Morgan fingerprint density at radius 2 is 2.05 bits per heavy atom. The average molecular weight is 277 g/mol. The lowest BCUT2D eigenvalue weighted by molar-refractivity contribution is 0.901. The molecule has 0 fully saturated rings. The Morgan fingerprint density at radius 1 is 1.26 bits per heavy atom. The first kappa shape index (κ1) is 13.6. The SMILES string of the molecule is CCCc1c(N)ncnc1NCc1ccccc1Cl. The van der Waals surface area contributed by atoms with E-state index in [0.29, 0.717) is 12.4 Å². The second kappa shape index (κ2) is 6.38. The van der Waals surface area contributed by atoms with Crippen LogP contribution in [0.2, 0.25) is 5.02 Å². The quantitative estimate of drug-likeness (QED) is 0.880. The highest BCUT2D eigenvalue weighted by atomic mass is 35.5. The second-order valence-corrected chi connectivity index (χ2v) is 4.69. The molecule has 0 aliphatic rings. The van der Waals surface area contributed by atoms with Crippen LogP contribution in [-0.2, 0) is 13.0 Å². The molecule has 0 aliphatic heterocycles. The highest BCUT2D eigenvalue weighted by molar-refractivity contribution is 6.31. The van der Waals surface area contributed by atoms with Crippen LogP contribution in [0.5, 0.6) is 0 Å². The highest BCUT2D eigenvalue weighted by Gasteiger charge is 2.08. The molecule has 0 amide bonds. The fourth-order valence-corrected chi connectivity index (χ4v) is 2.10. The van der Waals surface area contributed by atoms with Crippen LogP contribution in [0, 0.1) is 0 Å². The number of nitrogens with two attached hydrogens (primary N) is 1. The van der Waals surface area contributed by atoms with Crippen LogP contribution in [0.4, 0.5) is 11.6 Å². The summed E-state index contributed by atoms with van der Waals surface area (Å²) in [7, 11) is 0. The zero-order chi connectivity index (χ0) is 13.7. The number of nitrogens with one attached hydrogen (secondary N) is 1. The summed E-state index contributed by atoms with van der Waals surface area (Å²) in [4.78, 5) is 8.29. The summed E-state index contributed by atoms with van der Waals surface area (Å²) in [6.45, 7) is 2.72. The Balaban J connectivity index is 2.16. The third-order valence-electron chi connectivity index (χ3n) is 2.88. The molecule has 0 atom stereocenters. The summed E-state index contributed by atoms with van der Waals surface area (Å²) in [5.74, 6) is 1.33. The molecule has 0 aliphatic carbocycles. The number of nitrogen functional groups attached to an aromatic ring is 1. The normalized spacial score (nSPS) is 10.4. The lowest BCUT2D eigenvalue weighted by atomic mass is 10.1. The monoisotopic (exact) mass is 276 g/mol. The van der Waals surface area contributed by atoms with Crippen molar-refractivity contribution in [2.24, 2.45) is 0 Å². The average Bonchev–Trinajstić information content (AvgIpc) is 2.41. The van der Waals surface area contributed by atoms with Crippen LogP contribution in [0.1, 0.15) is 24.5 Å². The van der Waals surface area contributed by atoms with Gasteiger partial charge in [0.2, 0.25) is 0 Å². The minimum Gasteiger partial charge on any atom is -0.383 e. The van der Waals surface area contributed by atoms with Crippen molar-refractivity contribution in [3.8, 4) is 0 Å². The van der Waals surface area contributed by atoms with Crippen molar-refractivity contribution >= 4 is 23.2 Å². The number of hydrogen-bond donors (Lipinski definition) is 2. The number of hydrogen-bond acceptors (Lipinski definition) is 4. The smallest absolute Gasteiger partial charge is 0.134 e. The van der Waals surface area contributed by atoms with Crippen molar-refractivity contribution in [1.29, 1.82) is 0 Å². The molecule has 0 radical (unpaired) electrons. The number of anilines is 2. The summed E-state index contributed by atoms with van der Waals surface area (Å²) >= 11 is 6.13. The van der Waals surface area contributed by atoms with E-state index in [1.807, 2.05) is 24.3 Å². The van der Waals surface area contributed by atoms with Gasteiger partial charge in [-0.15, -0.1) is 0 Å². The van der Waals surface area contributed by atoms with Gasteiger partial charge in [-0.25, -0.2) is 9.97 Å². The molecule has 19 heavy (non-hydrogen) atoms. The highest BCUT2D eigenvalue weighted by Crippen LogP contribution is 2.21. The number of aromatic nitrogens is 2. The molecular weight excluding hydrogens is 260 g/mol. The maximum Gasteiger partial charge on any atom is 0.134 e. The molecule has 100 valence electrons. The standard InChI is InChI=1S/C14H17ClN4/c1-2-5-11-13(16)18-9-19-14(11)17-8-10-6-3-4-7-12(10)15/h3-4,6-7,9H,2,5,8H2,1H3,(H3,16,17,18,19). The van der Waals surface area contributed by atoms with Crippen molar-refractivity contribution in [3.05, 3.63) is 46.7 Å². The molecule has 2 aromatic rings. The Kier molecular flexibility index (Phi) is 4.58. The van der Waals surface area contributed by atoms with E-state index in [-0.39, 0.29) is 0 Å². The van der Waals surface area contributed by atoms with Gasteiger partial charge in [-0.2, -0.15) is 0 Å². The van der Waals surface area contributed by atoms with Gasteiger partial charge >= 0.3 is 0 Å². The summed E-state index contributed by atoms with van der Waals surface area (Å²) in [5.41, 5.74) is 7.89. The van der Waals surface area contributed by atoms with Gasteiger partial charge in [0.05, 0.1) is 0 Å². The molecule has 1 heterocycles. The number of benzene rings is 1. The Bertz CT molecular complexity index is 557. The molecule has 4 nitrogen and oxygen atoms in total. The van der Waals surface area contributed by atoms with Crippen LogP contribution in [0.3, 0.4) is 0 Å². The van der Waals surface area contributed by atoms with Gasteiger partial charge in [0.25, 0.3) is 0 Å². The van der Waals surface area contributed by atoms with E-state index in [2.05, 4.69) is 22.2 Å². The number of halogens is 1. The largest absolute Gasteiger partial charge is 0.383 e. The molecule has 1 aromatic heterocycles. The minimum atomic E-state index is 0.540. The summed E-state index contributed by atoms with van der Waals surface area (Å²) < 4.78 is 0. The van der Waals surface area contributed by atoms with Gasteiger partial charge in [-0.1, -0.05) is 43.1 Å². The molecular formula is C14H17ClN4. The van der Waals surface area contributed by atoms with Crippen LogP contribution in [0.25, 0.3) is 0 Å². The van der Waals surface area contributed by atoms with Crippen LogP contribution in [-0.4, -0.2) is 9.97 Å². The maximum atomic E-state index is 6.13. The van der Waals surface area contributed by atoms with Crippen molar-refractivity contribution < 1.29 is 0 Å². The summed E-state index contributed by atoms with van der Waals surface area (Å²) in [5, 5.41) is 4.02. The van der Waals surface area contributed by atoms with Gasteiger partial charge in [0, 0.05) is 17.1 Å². The van der Waals surface area contributed by atoms with Gasteiger partial charge in [0.15, 0.2) is 0 Å². The molecule has 5 heteroatoms. The van der Waals surface area contributed by atoms with Gasteiger partial charge < -0.3 is 11.1 Å². The van der Waals surface area contributed by atoms with Crippen LogP contribution in [0.15, 0.2) is 30.6 Å². The Labute approximate surface area is 118 Å². The maximum absolute atomic E-state index is 6.13. The van der Waals surface area contributed by atoms with Crippen molar-refractivity contribution in [2.75, 3.05) is 11.1 Å². The molecule has 0 spiro atoms. The molecule has 0 saturated heterocycles. The third-order valence-corrected chi connectivity index (χ3v) is 3.25. The van der Waals surface area contributed by atoms with Crippen molar-refractivity contribution in [3.63, 3.8) is 0 Å². The van der Waals surface area contributed by atoms with Crippen molar-refractivity contribution in [1.82, 2.24) is 9.97 Å². The molecule has 0 saturated carbocycles. The van der Waals surface area contributed by atoms with Gasteiger partial charge in [-0.05, 0) is 18.1 Å². The number of nitrogens with zero attached hydrogens (tertiary/aromatic N) is 2. The summed E-state index contributed by atoms with van der Waals surface area (Å²) in [6.07, 6.45) is 3.33. The van der Waals surface area contributed by atoms with Crippen molar-refractivity contribution in [2.45, 2.75) is 26.3 Å². The minimum absolute atomic E-state index is 0.540. The molecule has 1 aromatic carbocycles.